The van der Waals surface area contributed by atoms with E-state index in [1.165, 1.54) is 32.1 Å². The fourth-order valence-corrected chi connectivity index (χ4v) is 0.959. The van der Waals surface area contributed by atoms with Crippen molar-refractivity contribution >= 4 is 12.3 Å². The van der Waals surface area contributed by atoms with Crippen molar-refractivity contribution in [1.29, 1.82) is 0 Å². The fraction of sp³-hybridized carbons (Fsp3) is 0.714. The zero-order valence-electron chi connectivity index (χ0n) is 6.65. The summed E-state index contributed by atoms with van der Waals surface area (Å²) in [6, 6.07) is 0. The third kappa shape index (κ3) is 8.74. The minimum Gasteiger partial charge on any atom is -0.449 e. The van der Waals surface area contributed by atoms with Crippen molar-refractivity contribution in [3.05, 3.63) is 0 Å². The zero-order valence-corrected chi connectivity index (χ0v) is 6.65. The van der Waals surface area contributed by atoms with E-state index >= 15 is 0 Å². The Bertz CT molecular complexity index is 130. The Morgan fingerprint density at radius 1 is 0.833 bits per heavy atom. The van der Waals surface area contributed by atoms with Gasteiger partial charge in [0.25, 0.3) is 0 Å². The fourth-order valence-electron chi connectivity index (χ4n) is 0.959. The lowest BCUT2D eigenvalue weighted by molar-refractivity contribution is 0.0802. The van der Waals surface area contributed by atoms with Crippen molar-refractivity contribution in [1.82, 2.24) is 0 Å². The van der Waals surface area contributed by atoms with E-state index in [0.717, 1.165) is 0 Å². The molecule has 0 atom stereocenters. The van der Waals surface area contributed by atoms with Gasteiger partial charge >= 0.3 is 12.3 Å². The first-order valence-electron chi connectivity index (χ1n) is 3.76. The number of rotatable bonds is 0. The second kappa shape index (κ2) is 6.45. The Kier molecular flexibility index (Phi) is 5.77. The van der Waals surface area contributed by atoms with Crippen molar-refractivity contribution in [3.63, 3.8) is 0 Å². The Morgan fingerprint density at radius 3 is 1.17 bits per heavy atom. The number of hydrogen-bond acceptors (Lipinski definition) is 3. The third-order valence-corrected chi connectivity index (χ3v) is 1.42. The van der Waals surface area contributed by atoms with Gasteiger partial charge in [0.2, 0.25) is 0 Å². The predicted octanol–water partition coefficient (Wildman–Crippen LogP) is 2.31. The molecule has 1 aliphatic rings. The molecule has 12 heavy (non-hydrogen) atoms. The summed E-state index contributed by atoms with van der Waals surface area (Å²) in [7, 11) is 0. The average Bonchev–Trinajstić information content (AvgIpc) is 2.36. The second-order valence-electron chi connectivity index (χ2n) is 2.40. The van der Waals surface area contributed by atoms with Gasteiger partial charge in [-0.2, -0.15) is 0 Å². The van der Waals surface area contributed by atoms with Crippen LogP contribution < -0.4 is 0 Å². The van der Waals surface area contributed by atoms with Gasteiger partial charge in [-0.3, -0.25) is 0 Å². The Labute approximate surface area is 70.0 Å². The van der Waals surface area contributed by atoms with Crippen LogP contribution in [-0.2, 0) is 4.74 Å². The molecular formula is C7H12O5. The van der Waals surface area contributed by atoms with Crippen molar-refractivity contribution in [2.75, 3.05) is 0 Å². The summed E-state index contributed by atoms with van der Waals surface area (Å²) in [4.78, 5) is 18.4. The van der Waals surface area contributed by atoms with Crippen molar-refractivity contribution < 1.29 is 24.5 Å². The first-order chi connectivity index (χ1) is 5.63. The highest BCUT2D eigenvalue weighted by Gasteiger charge is 2.01. The summed E-state index contributed by atoms with van der Waals surface area (Å²) in [5.41, 5.74) is 0. The van der Waals surface area contributed by atoms with Crippen LogP contribution in [0, 0.1) is 0 Å². The van der Waals surface area contributed by atoms with Crippen LogP contribution in [0.2, 0.25) is 0 Å². The van der Waals surface area contributed by atoms with Crippen LogP contribution in [0.25, 0.3) is 0 Å². The van der Waals surface area contributed by atoms with E-state index in [1.54, 1.807) is 0 Å². The van der Waals surface area contributed by atoms with Crippen molar-refractivity contribution in [3.8, 4) is 0 Å². The van der Waals surface area contributed by atoms with E-state index in [0.29, 0.717) is 0 Å². The van der Waals surface area contributed by atoms with Crippen LogP contribution >= 0.6 is 0 Å². The van der Waals surface area contributed by atoms with Crippen molar-refractivity contribution in [2.45, 2.75) is 32.1 Å². The molecule has 1 rings (SSSR count). The minimum absolute atomic E-state index is 1.50. The highest BCUT2D eigenvalue weighted by Crippen LogP contribution is 2.15. The van der Waals surface area contributed by atoms with Crippen molar-refractivity contribution in [2.24, 2.45) is 0 Å². The average molecular weight is 176 g/mol. The molecular weight excluding hydrogens is 164 g/mol. The van der Waals surface area contributed by atoms with E-state index in [1.807, 2.05) is 0 Å². The predicted molar refractivity (Wildman–Crippen MR) is 40.2 cm³/mol. The van der Waals surface area contributed by atoms with Gasteiger partial charge in [0.05, 0.1) is 0 Å². The van der Waals surface area contributed by atoms with E-state index in [9.17, 15) is 9.59 Å². The summed E-state index contributed by atoms with van der Waals surface area (Å²) >= 11 is 0. The summed E-state index contributed by atoms with van der Waals surface area (Å²) in [6.07, 6.45) is 3.88. The normalized spacial score (nSPS) is 14.3. The number of carboxylic acid groups (broad SMARTS) is 2. The second-order valence-corrected chi connectivity index (χ2v) is 2.40. The van der Waals surface area contributed by atoms with Gasteiger partial charge in [-0.1, -0.05) is 32.1 Å². The number of carbonyl (C=O) groups is 2. The summed E-state index contributed by atoms with van der Waals surface area (Å²) < 4.78 is 3.08. The third-order valence-electron chi connectivity index (χ3n) is 1.42. The molecule has 0 spiro atoms. The number of ether oxygens (including phenoxy) is 1. The van der Waals surface area contributed by atoms with E-state index in [4.69, 9.17) is 10.2 Å². The van der Waals surface area contributed by atoms with Crippen LogP contribution in [0.1, 0.15) is 32.1 Å². The molecule has 0 aliphatic heterocycles. The number of hydrogen-bond donors (Lipinski definition) is 2. The monoisotopic (exact) mass is 176 g/mol. The highest BCUT2D eigenvalue weighted by atomic mass is 16.7. The van der Waals surface area contributed by atoms with Crippen LogP contribution in [0.15, 0.2) is 0 Å². The van der Waals surface area contributed by atoms with Crippen LogP contribution in [0.4, 0.5) is 9.59 Å². The topological polar surface area (TPSA) is 83.8 Å². The molecule has 0 bridgehead atoms. The van der Waals surface area contributed by atoms with Gasteiger partial charge in [-0.05, 0) is 0 Å². The lowest BCUT2D eigenvalue weighted by Crippen LogP contribution is -2.05. The summed E-state index contributed by atoms with van der Waals surface area (Å²) in [6.45, 7) is 0. The zero-order chi connectivity index (χ0) is 9.40. The van der Waals surface area contributed by atoms with Gasteiger partial charge in [-0.15, -0.1) is 0 Å². The smallest absolute Gasteiger partial charge is 0.449 e. The largest absolute Gasteiger partial charge is 0.516 e. The molecule has 0 aromatic heterocycles. The minimum atomic E-state index is -1.81. The molecule has 0 radical (unpaired) electrons. The van der Waals surface area contributed by atoms with Crippen LogP contribution in [-0.4, -0.2) is 22.5 Å². The molecule has 1 aliphatic carbocycles. The molecule has 0 heterocycles. The molecule has 5 nitrogen and oxygen atoms in total. The van der Waals surface area contributed by atoms with Gasteiger partial charge < -0.3 is 14.9 Å². The van der Waals surface area contributed by atoms with Gasteiger partial charge in [0, 0.05) is 0 Å². The summed E-state index contributed by atoms with van der Waals surface area (Å²) in [5.74, 6) is 0. The molecule has 1 fully saturated rings. The maximum absolute atomic E-state index is 9.21. The maximum Gasteiger partial charge on any atom is 0.516 e. The molecule has 0 saturated heterocycles. The van der Waals surface area contributed by atoms with E-state index in [-0.39, 0.29) is 0 Å². The first-order valence-corrected chi connectivity index (χ1v) is 3.76. The van der Waals surface area contributed by atoms with Gasteiger partial charge in [0.15, 0.2) is 0 Å². The Hall–Kier alpha value is -1.26. The molecule has 0 amide bonds. The lowest BCUT2D eigenvalue weighted by atomic mass is 10.4. The molecule has 0 aromatic carbocycles. The SMILES string of the molecule is C1CCCC1.O=C(O)OC(=O)O. The quantitative estimate of drug-likeness (QED) is 0.437. The van der Waals surface area contributed by atoms with E-state index in [2.05, 4.69) is 4.74 Å². The maximum atomic E-state index is 9.21. The van der Waals surface area contributed by atoms with Crippen LogP contribution in [0.5, 0.6) is 0 Å². The Balaban J connectivity index is 0.000000211. The van der Waals surface area contributed by atoms with E-state index < -0.39 is 12.3 Å². The van der Waals surface area contributed by atoms with Gasteiger partial charge in [0.1, 0.15) is 0 Å². The molecule has 2 N–H and O–H groups in total. The van der Waals surface area contributed by atoms with Gasteiger partial charge in [-0.25, -0.2) is 9.59 Å². The lowest BCUT2D eigenvalue weighted by Gasteiger charge is -1.84. The molecule has 0 unspecified atom stereocenters. The molecule has 0 aromatic rings. The molecule has 70 valence electrons. The molecule has 1 saturated carbocycles. The highest BCUT2D eigenvalue weighted by molar-refractivity contribution is 5.74. The summed E-state index contributed by atoms with van der Waals surface area (Å²) in [5, 5.41) is 15.0. The standard InChI is InChI=1S/C5H10.C2H2O5/c1-2-4-5-3-1;3-1(4)7-2(5)6/h1-5H2;(H,3,4)(H,5,6). The van der Waals surface area contributed by atoms with Crippen LogP contribution in [0.3, 0.4) is 0 Å². The first kappa shape index (κ1) is 10.7. The molecule has 5 heteroatoms. The Morgan fingerprint density at radius 2 is 1.08 bits per heavy atom.